The molecule has 37 heavy (non-hydrogen) atoms. The standard InChI is InChI=1S/C27H39N3O6S/c1-5-19(4)26(28)27(32)29-22(13-20-9-7-6-8-10-20)23(31)16-30(15-18(2)3)37(33,34)21-11-12-24-25(14-21)36-17-35-24/h6-12,14,18-19,22-23,26,31H,5,13,15-17,28H2,1-4H3,(H,29,32). The predicted octanol–water partition coefficient (Wildman–Crippen LogP) is 2.52. The highest BCUT2D eigenvalue weighted by Gasteiger charge is 2.33. The van der Waals surface area contributed by atoms with Crippen LogP contribution >= 0.6 is 0 Å². The van der Waals surface area contributed by atoms with Crippen molar-refractivity contribution in [1.82, 2.24) is 9.62 Å². The van der Waals surface area contributed by atoms with E-state index in [0.29, 0.717) is 17.9 Å². The first-order chi connectivity index (χ1) is 17.5. The fourth-order valence-corrected chi connectivity index (χ4v) is 5.78. The third-order valence-corrected chi connectivity index (χ3v) is 8.42. The lowest BCUT2D eigenvalue weighted by molar-refractivity contribution is -0.125. The van der Waals surface area contributed by atoms with Crippen LogP contribution in [0.3, 0.4) is 0 Å². The van der Waals surface area contributed by atoms with Gasteiger partial charge in [-0.05, 0) is 36.0 Å². The number of carbonyl (C=O) groups is 1. The zero-order valence-corrected chi connectivity index (χ0v) is 22.8. The van der Waals surface area contributed by atoms with E-state index in [1.165, 1.54) is 16.4 Å². The molecule has 4 unspecified atom stereocenters. The number of sulfonamides is 1. The largest absolute Gasteiger partial charge is 0.454 e. The third-order valence-electron chi connectivity index (χ3n) is 6.59. The number of hydrogen-bond acceptors (Lipinski definition) is 7. The predicted molar refractivity (Wildman–Crippen MR) is 142 cm³/mol. The Balaban J connectivity index is 1.86. The van der Waals surface area contributed by atoms with Crippen molar-refractivity contribution in [2.24, 2.45) is 17.6 Å². The average Bonchev–Trinajstić information content (AvgIpc) is 3.35. The van der Waals surface area contributed by atoms with Crippen LogP contribution in [-0.4, -0.2) is 61.8 Å². The van der Waals surface area contributed by atoms with Gasteiger partial charge in [0.2, 0.25) is 22.7 Å². The van der Waals surface area contributed by atoms with Crippen LogP contribution in [-0.2, 0) is 21.2 Å². The molecule has 1 aliphatic rings. The smallest absolute Gasteiger partial charge is 0.243 e. The van der Waals surface area contributed by atoms with Crippen LogP contribution < -0.4 is 20.5 Å². The molecule has 0 aromatic heterocycles. The topological polar surface area (TPSA) is 131 Å². The van der Waals surface area contributed by atoms with Crippen LogP contribution in [0.25, 0.3) is 0 Å². The second-order valence-corrected chi connectivity index (χ2v) is 12.0. The van der Waals surface area contributed by atoms with Crippen molar-refractivity contribution < 1.29 is 27.8 Å². The lowest BCUT2D eigenvalue weighted by atomic mass is 9.97. The van der Waals surface area contributed by atoms with E-state index in [1.807, 2.05) is 58.0 Å². The van der Waals surface area contributed by atoms with Gasteiger partial charge in [-0.1, -0.05) is 64.4 Å². The summed E-state index contributed by atoms with van der Waals surface area (Å²) in [7, 11) is -3.98. The van der Waals surface area contributed by atoms with Crippen molar-refractivity contribution in [3.05, 3.63) is 54.1 Å². The summed E-state index contributed by atoms with van der Waals surface area (Å²) in [5, 5.41) is 14.2. The van der Waals surface area contributed by atoms with Crippen LogP contribution in [0.5, 0.6) is 11.5 Å². The lowest BCUT2D eigenvalue weighted by Gasteiger charge is -2.31. The van der Waals surface area contributed by atoms with Gasteiger partial charge >= 0.3 is 0 Å². The summed E-state index contributed by atoms with van der Waals surface area (Å²) in [6.45, 7) is 7.68. The van der Waals surface area contributed by atoms with E-state index >= 15 is 0 Å². The first-order valence-electron chi connectivity index (χ1n) is 12.7. The summed E-state index contributed by atoms with van der Waals surface area (Å²) in [4.78, 5) is 13.0. The highest BCUT2D eigenvalue weighted by Crippen LogP contribution is 2.34. The number of fused-ring (bicyclic) bond motifs is 1. The molecule has 0 spiro atoms. The normalized spacial score (nSPS) is 16.4. The van der Waals surface area contributed by atoms with E-state index in [4.69, 9.17) is 15.2 Å². The molecule has 0 radical (unpaired) electrons. The number of nitrogens with two attached hydrogens (primary N) is 1. The molecule has 0 saturated heterocycles. The van der Waals surface area contributed by atoms with Gasteiger partial charge in [0.05, 0.1) is 23.1 Å². The number of amides is 1. The molecule has 0 bridgehead atoms. The number of ether oxygens (including phenoxy) is 2. The van der Waals surface area contributed by atoms with Gasteiger partial charge in [0, 0.05) is 19.2 Å². The number of benzene rings is 2. The molecular weight excluding hydrogens is 494 g/mol. The van der Waals surface area contributed by atoms with Crippen LogP contribution in [0.15, 0.2) is 53.4 Å². The number of nitrogens with one attached hydrogen (secondary N) is 1. The minimum Gasteiger partial charge on any atom is -0.454 e. The number of aliphatic hydroxyl groups excluding tert-OH is 1. The third kappa shape index (κ3) is 7.44. The summed E-state index contributed by atoms with van der Waals surface area (Å²) in [5.41, 5.74) is 7.05. The maximum atomic E-state index is 13.7. The molecular formula is C27H39N3O6S. The van der Waals surface area contributed by atoms with Crippen molar-refractivity contribution >= 4 is 15.9 Å². The molecule has 3 rings (SSSR count). The Hall–Kier alpha value is -2.66. The molecule has 1 aliphatic heterocycles. The van der Waals surface area contributed by atoms with Crippen molar-refractivity contribution in [1.29, 1.82) is 0 Å². The molecule has 0 fully saturated rings. The van der Waals surface area contributed by atoms with Gasteiger partial charge in [-0.25, -0.2) is 8.42 Å². The summed E-state index contributed by atoms with van der Waals surface area (Å²) in [6, 6.07) is 12.4. The molecule has 1 heterocycles. The summed E-state index contributed by atoms with van der Waals surface area (Å²) >= 11 is 0. The Morgan fingerprint density at radius 2 is 1.76 bits per heavy atom. The molecule has 10 heteroatoms. The highest BCUT2D eigenvalue weighted by atomic mass is 32.2. The fourth-order valence-electron chi connectivity index (χ4n) is 4.14. The van der Waals surface area contributed by atoms with Gasteiger partial charge in [0.25, 0.3) is 0 Å². The Labute approximate surface area is 220 Å². The molecule has 0 saturated carbocycles. The van der Waals surface area contributed by atoms with Gasteiger partial charge in [-0.3, -0.25) is 4.79 Å². The van der Waals surface area contributed by atoms with Crippen molar-refractivity contribution in [3.8, 4) is 11.5 Å². The quantitative estimate of drug-likeness (QED) is 0.361. The molecule has 204 valence electrons. The van der Waals surface area contributed by atoms with E-state index in [9.17, 15) is 18.3 Å². The number of carbonyl (C=O) groups excluding carboxylic acids is 1. The molecule has 9 nitrogen and oxygen atoms in total. The number of nitrogens with zero attached hydrogens (tertiary/aromatic N) is 1. The lowest BCUT2D eigenvalue weighted by Crippen LogP contribution is -2.55. The van der Waals surface area contributed by atoms with E-state index in [2.05, 4.69) is 5.32 Å². The number of rotatable bonds is 13. The maximum Gasteiger partial charge on any atom is 0.243 e. The molecule has 2 aromatic rings. The second-order valence-electron chi connectivity index (χ2n) is 10.0. The van der Waals surface area contributed by atoms with Crippen LogP contribution in [0.1, 0.15) is 39.7 Å². The van der Waals surface area contributed by atoms with Crippen LogP contribution in [0, 0.1) is 11.8 Å². The molecule has 1 amide bonds. The van der Waals surface area contributed by atoms with Gasteiger partial charge < -0.3 is 25.6 Å². The summed E-state index contributed by atoms with van der Waals surface area (Å²) in [5.74, 6) is 0.427. The van der Waals surface area contributed by atoms with Gasteiger partial charge in [0.1, 0.15) is 0 Å². The van der Waals surface area contributed by atoms with Crippen molar-refractivity contribution in [2.75, 3.05) is 19.9 Å². The second kappa shape index (κ2) is 12.7. The first kappa shape index (κ1) is 28.9. The number of aliphatic hydroxyl groups is 1. The minimum atomic E-state index is -3.98. The zero-order chi connectivity index (χ0) is 27.2. The monoisotopic (exact) mass is 533 g/mol. The Morgan fingerprint density at radius 1 is 1.08 bits per heavy atom. The molecule has 2 aromatic carbocycles. The van der Waals surface area contributed by atoms with E-state index in [1.54, 1.807) is 6.07 Å². The SMILES string of the molecule is CCC(C)C(N)C(=O)NC(Cc1ccccc1)C(O)CN(CC(C)C)S(=O)(=O)c1ccc2c(c1)OCO2. The highest BCUT2D eigenvalue weighted by molar-refractivity contribution is 7.89. The maximum absolute atomic E-state index is 13.7. The Kier molecular flexibility index (Phi) is 9.94. The van der Waals surface area contributed by atoms with E-state index in [0.717, 1.165) is 12.0 Å². The molecule has 4 atom stereocenters. The molecule has 4 N–H and O–H groups in total. The van der Waals surface area contributed by atoms with Gasteiger partial charge in [-0.2, -0.15) is 4.31 Å². The van der Waals surface area contributed by atoms with Crippen molar-refractivity contribution in [3.63, 3.8) is 0 Å². The molecule has 0 aliphatic carbocycles. The van der Waals surface area contributed by atoms with Crippen LogP contribution in [0.2, 0.25) is 0 Å². The summed E-state index contributed by atoms with van der Waals surface area (Å²) in [6.07, 6.45) is -0.132. The zero-order valence-electron chi connectivity index (χ0n) is 22.0. The summed E-state index contributed by atoms with van der Waals surface area (Å²) < 4.78 is 39.2. The Bertz CT molecular complexity index is 1140. The van der Waals surface area contributed by atoms with Crippen molar-refractivity contribution in [2.45, 2.75) is 63.6 Å². The van der Waals surface area contributed by atoms with Gasteiger partial charge in [-0.15, -0.1) is 0 Å². The average molecular weight is 534 g/mol. The first-order valence-corrected chi connectivity index (χ1v) is 14.1. The number of hydrogen-bond donors (Lipinski definition) is 3. The fraction of sp³-hybridized carbons (Fsp3) is 0.519. The minimum absolute atomic E-state index is 0.00280. The Morgan fingerprint density at radius 3 is 2.41 bits per heavy atom. The van der Waals surface area contributed by atoms with E-state index in [-0.39, 0.29) is 42.5 Å². The van der Waals surface area contributed by atoms with Gasteiger partial charge in [0.15, 0.2) is 11.5 Å². The van der Waals surface area contributed by atoms with E-state index < -0.39 is 28.2 Å². The van der Waals surface area contributed by atoms with Crippen LogP contribution in [0.4, 0.5) is 0 Å².